The van der Waals surface area contributed by atoms with Gasteiger partial charge in [0.05, 0.1) is 25.4 Å². The normalized spacial score (nSPS) is 12.9. The maximum atomic E-state index is 12.5. The lowest BCUT2D eigenvalue weighted by Gasteiger charge is -2.22. The molecule has 0 saturated heterocycles. The first-order valence-electron chi connectivity index (χ1n) is 30.4. The van der Waals surface area contributed by atoms with E-state index in [4.69, 9.17) is 4.74 Å². The third-order valence-electron chi connectivity index (χ3n) is 13.9. The maximum absolute atomic E-state index is 12.5. The Bertz CT molecular complexity index is 1160. The van der Waals surface area contributed by atoms with E-state index in [1.807, 2.05) is 0 Å². The molecule has 0 radical (unpaired) electrons. The molecule has 404 valence electrons. The van der Waals surface area contributed by atoms with Crippen molar-refractivity contribution in [1.29, 1.82) is 0 Å². The molecular weight excluding hydrogens is 851 g/mol. The molecule has 6 heteroatoms. The molecule has 0 rings (SSSR count). The van der Waals surface area contributed by atoms with E-state index in [0.717, 1.165) is 96.3 Å². The summed E-state index contributed by atoms with van der Waals surface area (Å²) in [4.78, 5) is 24.5. The molecule has 2 unspecified atom stereocenters. The minimum absolute atomic E-state index is 0.0289. The van der Waals surface area contributed by atoms with Crippen molar-refractivity contribution in [3.8, 4) is 0 Å². The highest BCUT2D eigenvalue weighted by atomic mass is 16.5. The Balaban J connectivity index is 3.51. The highest BCUT2D eigenvalue weighted by Crippen LogP contribution is 2.17. The van der Waals surface area contributed by atoms with Crippen LogP contribution in [0.3, 0.4) is 0 Å². The van der Waals surface area contributed by atoms with Crippen molar-refractivity contribution in [2.24, 2.45) is 0 Å². The van der Waals surface area contributed by atoms with Crippen molar-refractivity contribution in [3.05, 3.63) is 48.6 Å². The Kier molecular flexibility index (Phi) is 56.5. The third-order valence-corrected chi connectivity index (χ3v) is 13.9. The van der Waals surface area contributed by atoms with Gasteiger partial charge in [-0.2, -0.15) is 0 Å². The van der Waals surface area contributed by atoms with Crippen LogP contribution in [-0.4, -0.2) is 47.4 Å². The Morgan fingerprint density at radius 3 is 1.12 bits per heavy atom. The number of hydrogen-bond donors (Lipinski definition) is 3. The minimum Gasteiger partial charge on any atom is -0.466 e. The SMILES string of the molecule is CCCCCC/C=C\C/C=C\CCCCCCCC(=O)OCCCCC/C=C\C/C=C\CCCCCCCCCC(=O)NC(CO)C(O)CCCCCCCCCCCCCCCCCCCCC. The van der Waals surface area contributed by atoms with Crippen molar-refractivity contribution in [2.75, 3.05) is 13.2 Å². The fraction of sp³-hybridized carbons (Fsp3) is 0.841. The van der Waals surface area contributed by atoms with Crippen LogP contribution in [0.2, 0.25) is 0 Å². The van der Waals surface area contributed by atoms with Crippen molar-refractivity contribution in [3.63, 3.8) is 0 Å². The molecule has 0 bridgehead atoms. The van der Waals surface area contributed by atoms with Gasteiger partial charge in [0.15, 0.2) is 0 Å². The molecule has 0 heterocycles. The van der Waals surface area contributed by atoms with Gasteiger partial charge in [0.2, 0.25) is 5.91 Å². The number of unbranched alkanes of at least 4 members (excludes halogenated alkanes) is 37. The summed E-state index contributed by atoms with van der Waals surface area (Å²) in [6, 6.07) is -0.556. The predicted octanol–water partition coefficient (Wildman–Crippen LogP) is 19.0. The summed E-state index contributed by atoms with van der Waals surface area (Å²) in [5.41, 5.74) is 0. The van der Waals surface area contributed by atoms with Gasteiger partial charge >= 0.3 is 5.97 Å². The zero-order valence-corrected chi connectivity index (χ0v) is 46.0. The summed E-state index contributed by atoms with van der Waals surface area (Å²) in [6.45, 7) is 4.90. The lowest BCUT2D eigenvalue weighted by atomic mass is 10.0. The Morgan fingerprint density at radius 1 is 0.406 bits per heavy atom. The molecule has 0 fully saturated rings. The summed E-state index contributed by atoms with van der Waals surface area (Å²) < 4.78 is 5.45. The van der Waals surface area contributed by atoms with Crippen LogP contribution in [0.5, 0.6) is 0 Å². The topological polar surface area (TPSA) is 95.9 Å². The molecule has 0 saturated carbocycles. The van der Waals surface area contributed by atoms with E-state index < -0.39 is 12.1 Å². The molecule has 1 amide bonds. The van der Waals surface area contributed by atoms with E-state index in [1.165, 1.54) is 186 Å². The zero-order valence-electron chi connectivity index (χ0n) is 46.0. The average Bonchev–Trinajstić information content (AvgIpc) is 3.35. The molecular formula is C63H117NO5. The number of carbonyl (C=O) groups is 2. The van der Waals surface area contributed by atoms with Crippen molar-refractivity contribution in [1.82, 2.24) is 5.32 Å². The van der Waals surface area contributed by atoms with Crippen LogP contribution in [0, 0.1) is 0 Å². The average molecular weight is 969 g/mol. The molecule has 0 aromatic rings. The molecule has 0 aliphatic rings. The monoisotopic (exact) mass is 968 g/mol. The number of allylic oxidation sites excluding steroid dienone is 8. The maximum Gasteiger partial charge on any atom is 0.305 e. The van der Waals surface area contributed by atoms with Gasteiger partial charge in [-0.1, -0.05) is 255 Å². The van der Waals surface area contributed by atoms with Gasteiger partial charge in [-0.05, 0) is 96.3 Å². The number of aliphatic hydroxyl groups excluding tert-OH is 2. The third kappa shape index (κ3) is 55.0. The van der Waals surface area contributed by atoms with Gasteiger partial charge in [0, 0.05) is 12.8 Å². The van der Waals surface area contributed by atoms with Crippen LogP contribution >= 0.6 is 0 Å². The number of rotatable bonds is 56. The van der Waals surface area contributed by atoms with Crippen LogP contribution < -0.4 is 5.32 Å². The number of ether oxygens (including phenoxy) is 1. The molecule has 3 N–H and O–H groups in total. The number of esters is 1. The first-order chi connectivity index (χ1) is 34.0. The second kappa shape index (κ2) is 58.4. The zero-order chi connectivity index (χ0) is 50.0. The van der Waals surface area contributed by atoms with E-state index in [9.17, 15) is 19.8 Å². The fourth-order valence-electron chi connectivity index (χ4n) is 9.17. The first-order valence-corrected chi connectivity index (χ1v) is 30.4. The lowest BCUT2D eigenvalue weighted by molar-refractivity contribution is -0.143. The summed E-state index contributed by atoms with van der Waals surface area (Å²) in [6.07, 6.45) is 73.9. The molecule has 0 aromatic heterocycles. The minimum atomic E-state index is -0.677. The van der Waals surface area contributed by atoms with E-state index >= 15 is 0 Å². The lowest BCUT2D eigenvalue weighted by Crippen LogP contribution is -2.45. The standard InChI is InChI=1S/C63H117NO5/c1-3-5-7-9-11-13-15-17-19-21-22-24-27-31-35-39-43-47-51-55-61(66)60(59-65)64-62(67)56-52-48-44-40-36-32-28-25-23-26-30-34-38-42-46-50-54-58-69-63(68)57-53-49-45-41-37-33-29-20-18-16-14-12-10-8-6-4-2/h14,16,20,23,26,29,34,38,60-61,65-66H,3-13,15,17-19,21-22,24-25,27-28,30-33,35-37,39-59H2,1-2H3,(H,64,67)/b16-14-,26-23-,29-20-,38-34-. The summed E-state index contributed by atoms with van der Waals surface area (Å²) in [5.74, 6) is -0.0790. The van der Waals surface area contributed by atoms with E-state index in [1.54, 1.807) is 0 Å². The quantitative estimate of drug-likeness (QED) is 0.0321. The number of hydrogen-bond acceptors (Lipinski definition) is 5. The number of nitrogens with one attached hydrogen (secondary N) is 1. The van der Waals surface area contributed by atoms with Crippen LogP contribution in [0.4, 0.5) is 0 Å². The van der Waals surface area contributed by atoms with E-state index in [0.29, 0.717) is 25.9 Å². The molecule has 0 aromatic carbocycles. The van der Waals surface area contributed by atoms with E-state index in [2.05, 4.69) is 67.8 Å². The van der Waals surface area contributed by atoms with Crippen molar-refractivity contribution in [2.45, 2.75) is 328 Å². The Morgan fingerprint density at radius 2 is 0.725 bits per heavy atom. The Hall–Kier alpha value is -2.18. The largest absolute Gasteiger partial charge is 0.466 e. The molecule has 2 atom stereocenters. The van der Waals surface area contributed by atoms with Gasteiger partial charge < -0.3 is 20.3 Å². The van der Waals surface area contributed by atoms with Crippen LogP contribution in [0.25, 0.3) is 0 Å². The molecule has 0 aliphatic carbocycles. The predicted molar refractivity (Wildman–Crippen MR) is 301 cm³/mol. The second-order valence-electron chi connectivity index (χ2n) is 20.7. The van der Waals surface area contributed by atoms with Gasteiger partial charge in [-0.15, -0.1) is 0 Å². The number of carbonyl (C=O) groups excluding carboxylic acids is 2. The van der Waals surface area contributed by atoms with Crippen LogP contribution in [0.1, 0.15) is 316 Å². The Labute approximate surface area is 429 Å². The highest BCUT2D eigenvalue weighted by Gasteiger charge is 2.20. The molecule has 6 nitrogen and oxygen atoms in total. The highest BCUT2D eigenvalue weighted by molar-refractivity contribution is 5.76. The summed E-state index contributed by atoms with van der Waals surface area (Å²) >= 11 is 0. The number of amides is 1. The second-order valence-corrected chi connectivity index (χ2v) is 20.7. The number of aliphatic hydroxyl groups is 2. The van der Waals surface area contributed by atoms with Crippen molar-refractivity contribution < 1.29 is 24.5 Å². The molecule has 0 spiro atoms. The molecule has 0 aliphatic heterocycles. The van der Waals surface area contributed by atoms with E-state index in [-0.39, 0.29) is 18.5 Å². The summed E-state index contributed by atoms with van der Waals surface area (Å²) in [7, 11) is 0. The smallest absolute Gasteiger partial charge is 0.305 e. The van der Waals surface area contributed by atoms with Crippen molar-refractivity contribution >= 4 is 11.9 Å². The van der Waals surface area contributed by atoms with Gasteiger partial charge in [0.25, 0.3) is 0 Å². The van der Waals surface area contributed by atoms with Gasteiger partial charge in [-0.25, -0.2) is 0 Å². The summed E-state index contributed by atoms with van der Waals surface area (Å²) in [5, 5.41) is 23.3. The fourth-order valence-corrected chi connectivity index (χ4v) is 9.17. The van der Waals surface area contributed by atoms with Crippen LogP contribution in [0.15, 0.2) is 48.6 Å². The van der Waals surface area contributed by atoms with Crippen LogP contribution in [-0.2, 0) is 14.3 Å². The first kappa shape index (κ1) is 66.8. The van der Waals surface area contributed by atoms with Gasteiger partial charge in [0.1, 0.15) is 0 Å². The van der Waals surface area contributed by atoms with Gasteiger partial charge in [-0.3, -0.25) is 9.59 Å². The molecule has 69 heavy (non-hydrogen) atoms.